The van der Waals surface area contributed by atoms with Gasteiger partial charge in [-0.2, -0.15) is 0 Å². The Morgan fingerprint density at radius 1 is 1.00 bits per heavy atom. The Hall–Kier alpha value is 3.53. The van der Waals surface area contributed by atoms with Crippen LogP contribution in [0.2, 0.25) is 0 Å². The molecule has 0 saturated carbocycles. The van der Waals surface area contributed by atoms with Crippen LogP contribution in [0.3, 0.4) is 0 Å². The zero-order chi connectivity index (χ0) is 3.58. The van der Waals surface area contributed by atoms with E-state index in [1.165, 1.54) is 0 Å². The van der Waals surface area contributed by atoms with Crippen LogP contribution in [0.4, 0.5) is 0 Å². The van der Waals surface area contributed by atoms with Gasteiger partial charge in [0.05, 0.1) is 0 Å². The summed E-state index contributed by atoms with van der Waals surface area (Å²) in [5.41, 5.74) is 0. The third-order valence-electron chi connectivity index (χ3n) is 0. The van der Waals surface area contributed by atoms with Crippen LogP contribution in [-0.2, 0) is 25.4 Å². The van der Waals surface area contributed by atoms with E-state index in [2.05, 4.69) is 0 Å². The molecule has 0 fully saturated rings. The number of hydrogen-bond donors (Lipinski definition) is 0. The Morgan fingerprint density at radius 2 is 1.00 bits per heavy atom. The maximum atomic E-state index is 8.61. The average molecular weight is 227 g/mol. The molecule has 0 aliphatic rings. The first-order valence-corrected chi connectivity index (χ1v) is 3.62. The number of halogens is 1. The van der Waals surface area contributed by atoms with Gasteiger partial charge in [0.2, 0.25) is 0 Å². The van der Waals surface area contributed by atoms with Gasteiger partial charge in [-0.1, -0.05) is 0 Å². The van der Waals surface area contributed by atoms with Crippen molar-refractivity contribution in [1.29, 1.82) is 0 Å². The predicted molar refractivity (Wildman–Crippen MR) is 0.686 cm³/mol. The summed E-state index contributed by atoms with van der Waals surface area (Å²) in [5.74, 6) is 0. The van der Waals surface area contributed by atoms with Crippen molar-refractivity contribution < 1.29 is 125 Å². The van der Waals surface area contributed by atoms with Crippen molar-refractivity contribution in [3.05, 3.63) is 0 Å². The predicted octanol–water partition coefficient (Wildman–Crippen LogP) is -14.5. The van der Waals surface area contributed by atoms with Crippen molar-refractivity contribution >= 4 is 0 Å². The molecule has 0 radical (unpaired) electrons. The Labute approximate surface area is 122 Å². The van der Waals surface area contributed by atoms with Crippen molar-refractivity contribution in [2.24, 2.45) is 0 Å². The van der Waals surface area contributed by atoms with E-state index < -0.39 is 22.6 Å². The first-order valence-electron chi connectivity index (χ1n) is 0.612. The standard InChI is InChI=1S/FH.3Na.3O.Zr/h1H;;;;;;;/q;3*+1;;2*-1;/p-1. The molecule has 0 aromatic carbocycles. The van der Waals surface area contributed by atoms with Crippen molar-refractivity contribution in [3.8, 4) is 0 Å². The Bertz CT molecular complexity index is 37.5. The summed E-state index contributed by atoms with van der Waals surface area (Å²) >= 11 is -4.29. The molecule has 0 aromatic heterocycles. The van der Waals surface area contributed by atoms with Gasteiger partial charge < -0.3 is 4.70 Å². The topological polar surface area (TPSA) is 63.2 Å². The van der Waals surface area contributed by atoms with E-state index in [1.54, 1.807) is 0 Å². The molecule has 0 aliphatic carbocycles. The summed E-state index contributed by atoms with van der Waals surface area (Å²) in [5, 5.41) is 0. The van der Waals surface area contributed by atoms with Gasteiger partial charge in [-0.3, -0.25) is 0 Å². The minimum absolute atomic E-state index is 0. The van der Waals surface area contributed by atoms with Crippen LogP contribution in [0.25, 0.3) is 0 Å². The third kappa shape index (κ3) is 55.6. The first kappa shape index (κ1) is 30.0. The summed E-state index contributed by atoms with van der Waals surface area (Å²) in [4.78, 5) is 0. The molecule has 3 nitrogen and oxygen atoms in total. The van der Waals surface area contributed by atoms with Crippen molar-refractivity contribution in [2.45, 2.75) is 0 Å². The molecule has 0 saturated heterocycles. The van der Waals surface area contributed by atoms with Gasteiger partial charge in [-0.25, -0.2) is 0 Å². The van der Waals surface area contributed by atoms with Crippen LogP contribution in [0, 0.1) is 0 Å². The summed E-state index contributed by atoms with van der Waals surface area (Å²) in [6.07, 6.45) is 0. The molecule has 8 heteroatoms. The Kier molecular flexibility index (Phi) is 84.0. The van der Waals surface area contributed by atoms with E-state index in [-0.39, 0.29) is 93.4 Å². The molecule has 0 spiro atoms. The van der Waals surface area contributed by atoms with Crippen LogP contribution in [0.1, 0.15) is 0 Å². The van der Waals surface area contributed by atoms with Crippen LogP contribution >= 0.6 is 0 Å². The molecule has 0 amide bonds. The van der Waals surface area contributed by atoms with Crippen molar-refractivity contribution in [3.63, 3.8) is 0 Å². The van der Waals surface area contributed by atoms with E-state index >= 15 is 0 Å². The minimum atomic E-state index is -4.29. The van der Waals surface area contributed by atoms with Crippen molar-refractivity contribution in [2.75, 3.05) is 0 Å². The van der Waals surface area contributed by atoms with E-state index in [0.717, 1.165) is 0 Å². The van der Waals surface area contributed by atoms with Gasteiger partial charge in [0.1, 0.15) is 0 Å². The van der Waals surface area contributed by atoms with Gasteiger partial charge in [0, 0.05) is 0 Å². The van der Waals surface area contributed by atoms with E-state index in [4.69, 9.17) is 9.18 Å². The Balaban J connectivity index is -0.00000000750. The number of rotatable bonds is 0. The summed E-state index contributed by atoms with van der Waals surface area (Å²) in [6, 6.07) is 0. The molecule has 0 unspecified atom stereocenters. The molecule has 0 atom stereocenters. The molecule has 0 rings (SSSR count). The van der Waals surface area contributed by atoms with Gasteiger partial charge in [-0.05, 0) is 0 Å². The molecule has 8 heavy (non-hydrogen) atoms. The maximum absolute atomic E-state index is 8.61. The second-order valence-corrected chi connectivity index (χ2v) is 1.48. The molecule has 0 aliphatic heterocycles. The van der Waals surface area contributed by atoms with Gasteiger partial charge in [0.25, 0.3) is 0 Å². The molecular formula is FNa3O3Zr. The van der Waals surface area contributed by atoms with Crippen LogP contribution in [0.5, 0.6) is 0 Å². The second-order valence-electron chi connectivity index (χ2n) is 0.250. The third-order valence-corrected chi connectivity index (χ3v) is 0. The number of hydrogen-bond acceptors (Lipinski definition) is 3. The molecule has 0 aromatic rings. The Morgan fingerprint density at radius 3 is 1.00 bits per heavy atom. The normalized spacial score (nSPS) is 3.25. The first-order chi connectivity index (χ1) is 1.73. The molecule has 0 heterocycles. The van der Waals surface area contributed by atoms with Crippen molar-refractivity contribution in [1.82, 2.24) is 0 Å². The monoisotopic (exact) mass is 226 g/mol. The molecule has 32 valence electrons. The average Bonchev–Trinajstić information content (AvgIpc) is 0.811. The molecular weight excluding hydrogens is 227 g/mol. The fourth-order valence-corrected chi connectivity index (χ4v) is 0. The van der Waals surface area contributed by atoms with Crippen LogP contribution in [-0.4, -0.2) is 0 Å². The zero-order valence-electron chi connectivity index (χ0n) is 5.10. The van der Waals surface area contributed by atoms with Crippen LogP contribution < -0.4 is 99.7 Å². The zero-order valence-corrected chi connectivity index (χ0v) is 13.6. The molecule has 0 N–H and O–H groups in total. The van der Waals surface area contributed by atoms with Crippen LogP contribution in [0.15, 0.2) is 0 Å². The quantitative estimate of drug-likeness (QED) is 0.386. The fourth-order valence-electron chi connectivity index (χ4n) is 0. The van der Waals surface area contributed by atoms with E-state index in [9.17, 15) is 0 Å². The van der Waals surface area contributed by atoms with E-state index in [1.807, 2.05) is 0 Å². The van der Waals surface area contributed by atoms with E-state index in [0.29, 0.717) is 0 Å². The van der Waals surface area contributed by atoms with Gasteiger partial charge >= 0.3 is 120 Å². The van der Waals surface area contributed by atoms with Gasteiger partial charge in [-0.15, -0.1) is 0 Å². The summed E-state index contributed by atoms with van der Waals surface area (Å²) < 4.78 is 25.8. The summed E-state index contributed by atoms with van der Waals surface area (Å²) in [7, 11) is 0. The van der Waals surface area contributed by atoms with Gasteiger partial charge in [0.15, 0.2) is 0 Å². The fraction of sp³-hybridized carbons (Fsp3) is 0. The summed E-state index contributed by atoms with van der Waals surface area (Å²) in [6.45, 7) is 0. The second kappa shape index (κ2) is 22.4. The molecule has 0 bridgehead atoms. The SMILES string of the molecule is [F-].[Na+].[Na+].[Na+].[O]=[Zr]([O-])[O-].